The molecule has 0 saturated carbocycles. The maximum absolute atomic E-state index is 6.15. The van der Waals surface area contributed by atoms with Crippen molar-refractivity contribution >= 4 is 23.5 Å². The Bertz CT molecular complexity index is 738. The number of nitrogens with zero attached hydrogens (tertiary/aromatic N) is 1. The molecule has 4 rings (SSSR count). The van der Waals surface area contributed by atoms with Gasteiger partial charge in [0.25, 0.3) is 0 Å². The average molecular weight is 295 g/mol. The Morgan fingerprint density at radius 2 is 1.73 bits per heavy atom. The van der Waals surface area contributed by atoms with Crippen LogP contribution in [-0.2, 0) is 22.2 Å². The Labute approximate surface area is 132 Å². The van der Waals surface area contributed by atoms with E-state index in [1.54, 1.807) is 0 Å². The summed E-state index contributed by atoms with van der Waals surface area (Å²) in [5.41, 5.74) is 4.22. The number of hydrogen-bond acceptors (Lipinski definition) is 3. The summed E-state index contributed by atoms with van der Waals surface area (Å²) < 4.78 is 12.3. The Hall–Kier alpha value is -1.39. The van der Waals surface area contributed by atoms with E-state index in [2.05, 4.69) is 52.0 Å². The summed E-state index contributed by atoms with van der Waals surface area (Å²) in [6, 6.07) is 8.63. The van der Waals surface area contributed by atoms with Gasteiger partial charge in [-0.1, -0.05) is 12.1 Å². The normalized spacial score (nSPS) is 22.3. The topological polar surface area (TPSA) is 31.4 Å². The second kappa shape index (κ2) is 4.56. The van der Waals surface area contributed by atoms with E-state index in [-0.39, 0.29) is 18.3 Å². The van der Waals surface area contributed by atoms with E-state index in [1.807, 2.05) is 0 Å². The number of rotatable bonds is 1. The molecule has 22 heavy (non-hydrogen) atoms. The first-order valence-electron chi connectivity index (χ1n) is 8.14. The zero-order valence-electron chi connectivity index (χ0n) is 13.8. The fourth-order valence-corrected chi connectivity index (χ4v) is 3.28. The first-order chi connectivity index (χ1) is 10.4. The first-order valence-corrected chi connectivity index (χ1v) is 8.14. The number of pyridine rings is 1. The quantitative estimate of drug-likeness (QED) is 0.758. The molecule has 0 unspecified atom stereocenters. The SMILES string of the molecule is CC1(C)OB(c2ccc3nc4c(cc3c2)CCC4)OC1(C)C. The van der Waals surface area contributed by atoms with Gasteiger partial charge in [0.05, 0.1) is 16.7 Å². The minimum absolute atomic E-state index is 0.303. The van der Waals surface area contributed by atoms with Crippen molar-refractivity contribution in [1.82, 2.24) is 4.98 Å². The van der Waals surface area contributed by atoms with Crippen molar-refractivity contribution < 1.29 is 9.31 Å². The molecule has 0 spiro atoms. The minimum atomic E-state index is -0.303. The smallest absolute Gasteiger partial charge is 0.399 e. The third kappa shape index (κ3) is 2.09. The van der Waals surface area contributed by atoms with E-state index in [9.17, 15) is 0 Å². The molecule has 2 aromatic rings. The monoisotopic (exact) mass is 295 g/mol. The van der Waals surface area contributed by atoms with E-state index >= 15 is 0 Å². The van der Waals surface area contributed by atoms with Crippen LogP contribution in [0.2, 0.25) is 0 Å². The van der Waals surface area contributed by atoms with Gasteiger partial charge < -0.3 is 9.31 Å². The molecule has 0 radical (unpaired) electrons. The van der Waals surface area contributed by atoms with Crippen LogP contribution in [0.3, 0.4) is 0 Å². The lowest BCUT2D eigenvalue weighted by Crippen LogP contribution is -2.41. The van der Waals surface area contributed by atoms with Gasteiger partial charge in [-0.15, -0.1) is 0 Å². The molecular formula is C18H22BNO2. The molecule has 2 heterocycles. The molecule has 1 aliphatic heterocycles. The Morgan fingerprint density at radius 3 is 2.45 bits per heavy atom. The summed E-state index contributed by atoms with van der Waals surface area (Å²) in [7, 11) is -0.303. The second-order valence-electron chi connectivity index (χ2n) is 7.49. The molecule has 1 saturated heterocycles. The highest BCUT2D eigenvalue weighted by atomic mass is 16.7. The number of hydrogen-bond donors (Lipinski definition) is 0. The van der Waals surface area contributed by atoms with Gasteiger partial charge in [-0.3, -0.25) is 4.98 Å². The predicted molar refractivity (Wildman–Crippen MR) is 89.5 cm³/mol. The Kier molecular flexibility index (Phi) is 2.95. The first kappa shape index (κ1) is 14.2. The molecule has 0 amide bonds. The third-order valence-electron chi connectivity index (χ3n) is 5.39. The van der Waals surface area contributed by atoms with Crippen molar-refractivity contribution in [2.24, 2.45) is 0 Å². The summed E-state index contributed by atoms with van der Waals surface area (Å²) in [6.07, 6.45) is 3.49. The molecule has 0 atom stereocenters. The second-order valence-corrected chi connectivity index (χ2v) is 7.49. The van der Waals surface area contributed by atoms with Crippen LogP contribution in [0.4, 0.5) is 0 Å². The van der Waals surface area contributed by atoms with Gasteiger partial charge in [-0.2, -0.15) is 0 Å². The van der Waals surface area contributed by atoms with Crippen molar-refractivity contribution in [3.63, 3.8) is 0 Å². The molecular weight excluding hydrogens is 273 g/mol. The van der Waals surface area contributed by atoms with Crippen molar-refractivity contribution in [2.45, 2.75) is 58.2 Å². The highest BCUT2D eigenvalue weighted by Gasteiger charge is 2.51. The molecule has 1 aromatic carbocycles. The largest absolute Gasteiger partial charge is 0.494 e. The van der Waals surface area contributed by atoms with Gasteiger partial charge in [-0.25, -0.2) is 0 Å². The van der Waals surface area contributed by atoms with Crippen molar-refractivity contribution in [1.29, 1.82) is 0 Å². The van der Waals surface area contributed by atoms with Crippen LogP contribution >= 0.6 is 0 Å². The fraction of sp³-hybridized carbons (Fsp3) is 0.500. The average Bonchev–Trinajstić information content (AvgIpc) is 2.97. The van der Waals surface area contributed by atoms with Crippen molar-refractivity contribution in [3.05, 3.63) is 35.5 Å². The summed E-state index contributed by atoms with van der Waals surface area (Å²) in [4.78, 5) is 4.80. The number of fused-ring (bicyclic) bond motifs is 2. The van der Waals surface area contributed by atoms with Crippen molar-refractivity contribution in [3.8, 4) is 0 Å². The molecule has 114 valence electrons. The van der Waals surface area contributed by atoms with Crippen LogP contribution in [0.1, 0.15) is 45.4 Å². The number of aromatic nitrogens is 1. The van der Waals surface area contributed by atoms with Crippen LogP contribution in [0.5, 0.6) is 0 Å². The van der Waals surface area contributed by atoms with Crippen LogP contribution < -0.4 is 5.46 Å². The van der Waals surface area contributed by atoms with E-state index in [0.29, 0.717) is 0 Å². The fourth-order valence-electron chi connectivity index (χ4n) is 3.28. The summed E-state index contributed by atoms with van der Waals surface area (Å²) in [5.74, 6) is 0. The summed E-state index contributed by atoms with van der Waals surface area (Å²) in [5, 5.41) is 1.19. The molecule has 0 N–H and O–H groups in total. The van der Waals surface area contributed by atoms with Gasteiger partial charge >= 0.3 is 7.12 Å². The van der Waals surface area contributed by atoms with Gasteiger partial charge in [0.2, 0.25) is 0 Å². The van der Waals surface area contributed by atoms with Gasteiger partial charge in [0, 0.05) is 11.1 Å². The Balaban J connectivity index is 1.73. The summed E-state index contributed by atoms with van der Waals surface area (Å²) in [6.45, 7) is 8.34. The standard InChI is InChI=1S/C18H22BNO2/c1-17(2)18(3,4)22-19(21-17)14-8-9-16-13(11-14)10-12-6-5-7-15(12)20-16/h8-11H,5-7H2,1-4H3. The van der Waals surface area contributed by atoms with Crippen molar-refractivity contribution in [2.75, 3.05) is 0 Å². The molecule has 1 aromatic heterocycles. The highest BCUT2D eigenvalue weighted by molar-refractivity contribution is 6.62. The van der Waals surface area contributed by atoms with Crippen LogP contribution in [-0.4, -0.2) is 23.3 Å². The molecule has 1 aliphatic carbocycles. The molecule has 3 nitrogen and oxygen atoms in total. The van der Waals surface area contributed by atoms with Gasteiger partial charge in [0.1, 0.15) is 0 Å². The van der Waals surface area contributed by atoms with E-state index < -0.39 is 0 Å². The maximum atomic E-state index is 6.15. The van der Waals surface area contributed by atoms with Crippen LogP contribution in [0.25, 0.3) is 10.9 Å². The zero-order valence-corrected chi connectivity index (χ0v) is 13.8. The molecule has 2 aliphatic rings. The van der Waals surface area contributed by atoms with E-state index in [0.717, 1.165) is 23.8 Å². The lowest BCUT2D eigenvalue weighted by atomic mass is 9.78. The predicted octanol–water partition coefficient (Wildman–Crippen LogP) is 3.02. The highest BCUT2D eigenvalue weighted by Crippen LogP contribution is 2.36. The molecule has 1 fully saturated rings. The van der Waals surface area contributed by atoms with Gasteiger partial charge in [-0.05, 0) is 70.1 Å². The number of benzene rings is 1. The van der Waals surface area contributed by atoms with E-state index in [4.69, 9.17) is 14.3 Å². The lowest BCUT2D eigenvalue weighted by molar-refractivity contribution is 0.00578. The third-order valence-corrected chi connectivity index (χ3v) is 5.39. The Morgan fingerprint density at radius 1 is 1.00 bits per heavy atom. The van der Waals surface area contributed by atoms with Gasteiger partial charge in [0.15, 0.2) is 0 Å². The molecule has 0 bridgehead atoms. The van der Waals surface area contributed by atoms with Crippen LogP contribution in [0, 0.1) is 0 Å². The zero-order chi connectivity index (χ0) is 15.5. The summed E-state index contributed by atoms with van der Waals surface area (Å²) >= 11 is 0. The molecule has 4 heteroatoms. The lowest BCUT2D eigenvalue weighted by Gasteiger charge is -2.32. The maximum Gasteiger partial charge on any atom is 0.494 e. The minimum Gasteiger partial charge on any atom is -0.399 e. The number of aryl methyl sites for hydroxylation is 2. The van der Waals surface area contributed by atoms with E-state index in [1.165, 1.54) is 23.1 Å². The van der Waals surface area contributed by atoms with Crippen LogP contribution in [0.15, 0.2) is 24.3 Å².